The normalized spacial score (nSPS) is 16.1. The number of nitrogens with two attached hydrogens (primary N) is 1. The van der Waals surface area contributed by atoms with Crippen LogP contribution in [0.5, 0.6) is 23.0 Å². The molecule has 14 nitrogen and oxygen atoms in total. The maximum Gasteiger partial charge on any atom is 0.328 e. The molecule has 1 aromatic heterocycles. The van der Waals surface area contributed by atoms with Crippen LogP contribution in [0.25, 0.3) is 10.9 Å². The van der Waals surface area contributed by atoms with E-state index in [1.807, 2.05) is 23.1 Å². The van der Waals surface area contributed by atoms with Gasteiger partial charge in [0.05, 0.1) is 19.7 Å². The van der Waals surface area contributed by atoms with Gasteiger partial charge >= 0.3 is 11.9 Å². The zero-order valence-corrected chi connectivity index (χ0v) is 22.4. The van der Waals surface area contributed by atoms with E-state index in [0.717, 1.165) is 0 Å². The summed E-state index contributed by atoms with van der Waals surface area (Å²) in [6.45, 7) is 2.40. The second-order valence-corrected chi connectivity index (χ2v) is 8.82. The van der Waals surface area contributed by atoms with Crippen molar-refractivity contribution in [1.29, 1.82) is 0 Å². The highest BCUT2D eigenvalue weighted by molar-refractivity contribution is 5.92. The van der Waals surface area contributed by atoms with E-state index in [1.54, 1.807) is 37.3 Å². The highest BCUT2D eigenvalue weighted by atomic mass is 16.6. The standard InChI is InChI=1S/C23H25N5O5.C4H4O4/c1-30-18-11-14-15(12-19(18)31-2)25-23(26-21(14)24)28-9-7-27(8-10-28)22(29)20-13-32-16-5-3-4-6-17(16)33-20;5-3(6)1-2-4(7)8/h3-6,11-12,20H,7-10,13H2,1-2H3,(H2,24,25,26);1-2H,(H,5,6)(H,7,8)/b;2-1-. The molecular formula is C27H29N5O9. The Hall–Kier alpha value is -5.27. The van der Waals surface area contributed by atoms with Crippen molar-refractivity contribution in [1.82, 2.24) is 14.9 Å². The van der Waals surface area contributed by atoms with E-state index in [9.17, 15) is 14.4 Å². The minimum Gasteiger partial charge on any atom is -0.493 e. The Balaban J connectivity index is 0.000000426. The van der Waals surface area contributed by atoms with Gasteiger partial charge in [0.2, 0.25) is 12.1 Å². The molecule has 1 unspecified atom stereocenters. The first kappa shape index (κ1) is 28.7. The number of carboxylic acids is 2. The van der Waals surface area contributed by atoms with Crippen molar-refractivity contribution in [3.05, 3.63) is 48.6 Å². The summed E-state index contributed by atoms with van der Waals surface area (Å²) in [6.07, 6.45) is 0.464. The molecule has 0 aliphatic carbocycles. The van der Waals surface area contributed by atoms with Crippen LogP contribution >= 0.6 is 0 Å². The monoisotopic (exact) mass is 567 g/mol. The van der Waals surface area contributed by atoms with Crippen LogP contribution in [0.1, 0.15) is 0 Å². The van der Waals surface area contributed by atoms with Crippen molar-refractivity contribution >= 4 is 40.5 Å². The number of para-hydroxylation sites is 2. The van der Waals surface area contributed by atoms with Crippen LogP contribution in [0.15, 0.2) is 48.6 Å². The lowest BCUT2D eigenvalue weighted by molar-refractivity contribution is -0.141. The van der Waals surface area contributed by atoms with Gasteiger partial charge in [0.25, 0.3) is 5.91 Å². The number of aliphatic carboxylic acids is 2. The van der Waals surface area contributed by atoms with Gasteiger partial charge in [0, 0.05) is 49.8 Å². The largest absolute Gasteiger partial charge is 0.493 e. The first-order valence-corrected chi connectivity index (χ1v) is 12.5. The number of piperazine rings is 1. The van der Waals surface area contributed by atoms with Gasteiger partial charge in [-0.25, -0.2) is 14.6 Å². The Labute approximate surface area is 234 Å². The molecule has 1 atom stereocenters. The number of nitrogen functional groups attached to an aromatic ring is 1. The van der Waals surface area contributed by atoms with Gasteiger partial charge in [-0.05, 0) is 18.2 Å². The topological polar surface area (TPSA) is 187 Å². The van der Waals surface area contributed by atoms with Gasteiger partial charge in [-0.1, -0.05) is 12.1 Å². The fraction of sp³-hybridized carbons (Fsp3) is 0.296. The molecule has 2 aliphatic rings. The fourth-order valence-corrected chi connectivity index (χ4v) is 4.22. The highest BCUT2D eigenvalue weighted by Gasteiger charge is 2.33. The Morgan fingerprint density at radius 3 is 2.17 bits per heavy atom. The molecule has 4 N–H and O–H groups in total. The predicted molar refractivity (Wildman–Crippen MR) is 147 cm³/mol. The summed E-state index contributed by atoms with van der Waals surface area (Å²) in [7, 11) is 3.14. The van der Waals surface area contributed by atoms with E-state index in [2.05, 4.69) is 9.97 Å². The lowest BCUT2D eigenvalue weighted by atomic mass is 10.2. The first-order chi connectivity index (χ1) is 19.7. The second kappa shape index (κ2) is 12.7. The van der Waals surface area contributed by atoms with E-state index >= 15 is 0 Å². The maximum atomic E-state index is 13.0. The second-order valence-electron chi connectivity index (χ2n) is 8.82. The smallest absolute Gasteiger partial charge is 0.328 e. The highest BCUT2D eigenvalue weighted by Crippen LogP contribution is 2.34. The van der Waals surface area contributed by atoms with Crippen molar-refractivity contribution in [3.8, 4) is 23.0 Å². The first-order valence-electron chi connectivity index (χ1n) is 12.5. The number of amides is 1. The van der Waals surface area contributed by atoms with Crippen LogP contribution in [0, 0.1) is 0 Å². The third kappa shape index (κ3) is 6.84. The van der Waals surface area contributed by atoms with Crippen LogP contribution in [0.2, 0.25) is 0 Å². The molecule has 0 radical (unpaired) electrons. The molecule has 2 aliphatic heterocycles. The van der Waals surface area contributed by atoms with Gasteiger partial charge < -0.3 is 44.7 Å². The number of ether oxygens (including phenoxy) is 4. The minimum absolute atomic E-state index is 0.0834. The lowest BCUT2D eigenvalue weighted by Gasteiger charge is -2.37. The summed E-state index contributed by atoms with van der Waals surface area (Å²) in [5.74, 6) is 0.669. The number of rotatable bonds is 6. The van der Waals surface area contributed by atoms with E-state index in [1.165, 1.54) is 0 Å². The van der Waals surface area contributed by atoms with E-state index < -0.39 is 18.0 Å². The molecule has 0 spiro atoms. The van der Waals surface area contributed by atoms with Gasteiger partial charge in [-0.15, -0.1) is 0 Å². The number of nitrogens with zero attached hydrogens (tertiary/aromatic N) is 4. The van der Waals surface area contributed by atoms with Crippen molar-refractivity contribution in [2.75, 3.05) is 57.6 Å². The number of hydrogen-bond donors (Lipinski definition) is 3. The lowest BCUT2D eigenvalue weighted by Crippen LogP contribution is -2.54. The average Bonchev–Trinajstić information content (AvgIpc) is 2.99. The van der Waals surface area contributed by atoms with Crippen LogP contribution in [-0.2, 0) is 14.4 Å². The molecule has 3 heterocycles. The third-order valence-corrected chi connectivity index (χ3v) is 6.25. The summed E-state index contributed by atoms with van der Waals surface area (Å²) < 4.78 is 22.3. The number of carbonyl (C=O) groups excluding carboxylic acids is 1. The summed E-state index contributed by atoms with van der Waals surface area (Å²) in [5.41, 5.74) is 6.89. The van der Waals surface area contributed by atoms with Gasteiger partial charge in [0.15, 0.2) is 23.0 Å². The van der Waals surface area contributed by atoms with Crippen LogP contribution in [0.3, 0.4) is 0 Å². The third-order valence-electron chi connectivity index (χ3n) is 6.25. The maximum absolute atomic E-state index is 13.0. The zero-order chi connectivity index (χ0) is 29.5. The Kier molecular flexibility index (Phi) is 8.92. The molecule has 0 bridgehead atoms. The Morgan fingerprint density at radius 2 is 1.56 bits per heavy atom. The number of fused-ring (bicyclic) bond motifs is 2. The quantitative estimate of drug-likeness (QED) is 0.363. The zero-order valence-electron chi connectivity index (χ0n) is 22.4. The summed E-state index contributed by atoms with van der Waals surface area (Å²) >= 11 is 0. The van der Waals surface area contributed by atoms with Crippen molar-refractivity contribution in [3.63, 3.8) is 0 Å². The molecule has 1 amide bonds. The molecule has 14 heteroatoms. The molecule has 216 valence electrons. The fourth-order valence-electron chi connectivity index (χ4n) is 4.22. The number of benzene rings is 2. The number of aromatic nitrogens is 2. The SMILES string of the molecule is COc1cc2nc(N3CCN(C(=O)C4COc5ccccc5O4)CC3)nc(N)c2cc1OC.O=C(O)/C=C\C(=O)O. The van der Waals surface area contributed by atoms with Gasteiger partial charge in [0.1, 0.15) is 12.4 Å². The van der Waals surface area contributed by atoms with Crippen molar-refractivity contribution < 1.29 is 43.5 Å². The van der Waals surface area contributed by atoms with E-state index in [-0.39, 0.29) is 12.5 Å². The average molecular weight is 568 g/mol. The van der Waals surface area contributed by atoms with Gasteiger partial charge in [-0.2, -0.15) is 4.98 Å². The van der Waals surface area contributed by atoms with Crippen LogP contribution in [-0.4, -0.2) is 96.0 Å². The predicted octanol–water partition coefficient (Wildman–Crippen LogP) is 1.43. The van der Waals surface area contributed by atoms with Gasteiger partial charge in [-0.3, -0.25) is 4.79 Å². The molecule has 1 saturated heterocycles. The van der Waals surface area contributed by atoms with Crippen molar-refractivity contribution in [2.45, 2.75) is 6.10 Å². The molecular weight excluding hydrogens is 538 g/mol. The summed E-state index contributed by atoms with van der Waals surface area (Å²) in [6, 6.07) is 10.9. The molecule has 3 aromatic rings. The molecule has 5 rings (SSSR count). The number of methoxy groups -OCH3 is 2. The number of carboxylic acid groups (broad SMARTS) is 2. The van der Waals surface area contributed by atoms with E-state index in [4.69, 9.17) is 34.9 Å². The Bertz CT molecular complexity index is 1460. The molecule has 1 fully saturated rings. The molecule has 0 saturated carbocycles. The van der Waals surface area contributed by atoms with Crippen molar-refractivity contribution in [2.24, 2.45) is 0 Å². The number of carbonyl (C=O) groups is 3. The van der Waals surface area contributed by atoms with Crippen LogP contribution in [0.4, 0.5) is 11.8 Å². The molecule has 41 heavy (non-hydrogen) atoms. The minimum atomic E-state index is -1.26. The summed E-state index contributed by atoms with van der Waals surface area (Å²) in [5, 5.41) is 16.3. The number of anilines is 2. The summed E-state index contributed by atoms with van der Waals surface area (Å²) in [4.78, 5) is 45.1. The van der Waals surface area contributed by atoms with Crippen LogP contribution < -0.4 is 29.6 Å². The Morgan fingerprint density at radius 1 is 0.951 bits per heavy atom. The molecule has 2 aromatic carbocycles. The number of hydrogen-bond acceptors (Lipinski definition) is 11. The van der Waals surface area contributed by atoms with E-state index in [0.29, 0.717) is 84.0 Å².